The van der Waals surface area contributed by atoms with Gasteiger partial charge in [-0.15, -0.1) is 0 Å². The molecule has 0 atom stereocenters. The smallest absolute Gasteiger partial charge is 0.343 e. The third-order valence-corrected chi connectivity index (χ3v) is 3.72. The Morgan fingerprint density at radius 3 is 2.89 bits per heavy atom. The summed E-state index contributed by atoms with van der Waals surface area (Å²) in [6, 6.07) is 7.91. The van der Waals surface area contributed by atoms with Crippen LogP contribution < -0.4 is 10.4 Å². The largest absolute Gasteiger partial charge is 0.497 e. The molecule has 1 N–H and O–H groups in total. The zero-order valence-corrected chi connectivity index (χ0v) is 10.9. The molecule has 0 spiro atoms. The van der Waals surface area contributed by atoms with Crippen LogP contribution in [0.25, 0.3) is 11.4 Å². The molecule has 1 aliphatic carbocycles. The van der Waals surface area contributed by atoms with Crippen LogP contribution in [0.15, 0.2) is 29.1 Å². The quantitative estimate of drug-likeness (QED) is 0.920. The van der Waals surface area contributed by atoms with Gasteiger partial charge in [0.15, 0.2) is 5.82 Å². The molecule has 0 unspecified atom stereocenters. The molecule has 1 saturated carbocycles. The van der Waals surface area contributed by atoms with Gasteiger partial charge in [0.05, 0.1) is 7.11 Å². The lowest BCUT2D eigenvalue weighted by atomic mass is 10.1. The summed E-state index contributed by atoms with van der Waals surface area (Å²) < 4.78 is 7.02. The summed E-state index contributed by atoms with van der Waals surface area (Å²) in [5.41, 5.74) is 0.786. The van der Waals surface area contributed by atoms with Gasteiger partial charge in [-0.1, -0.05) is 25.0 Å². The molecule has 19 heavy (non-hydrogen) atoms. The molecule has 5 nitrogen and oxygen atoms in total. The van der Waals surface area contributed by atoms with Gasteiger partial charge in [0, 0.05) is 11.6 Å². The highest BCUT2D eigenvalue weighted by molar-refractivity contribution is 5.57. The topological polar surface area (TPSA) is 59.9 Å². The van der Waals surface area contributed by atoms with Gasteiger partial charge in [-0.05, 0) is 25.0 Å². The molecule has 2 aromatic rings. The Hall–Kier alpha value is -2.04. The molecule has 0 saturated heterocycles. The van der Waals surface area contributed by atoms with E-state index in [9.17, 15) is 4.79 Å². The van der Waals surface area contributed by atoms with Gasteiger partial charge in [-0.3, -0.25) is 4.57 Å². The number of ether oxygens (including phenoxy) is 1. The van der Waals surface area contributed by atoms with Crippen LogP contribution in [0.2, 0.25) is 0 Å². The lowest BCUT2D eigenvalue weighted by molar-refractivity contribution is 0.415. The molecule has 5 heteroatoms. The number of nitrogens with one attached hydrogen (secondary N) is 1. The molecule has 3 rings (SSSR count). The Balaban J connectivity index is 2.07. The average molecular weight is 259 g/mol. The Bertz CT molecular complexity index is 624. The summed E-state index contributed by atoms with van der Waals surface area (Å²) in [7, 11) is 1.63. The van der Waals surface area contributed by atoms with Crippen molar-refractivity contribution in [3.8, 4) is 17.1 Å². The minimum absolute atomic E-state index is 0.121. The predicted molar refractivity (Wildman–Crippen MR) is 72.3 cm³/mol. The summed E-state index contributed by atoms with van der Waals surface area (Å²) in [5, 5.41) is 6.74. The monoisotopic (exact) mass is 259 g/mol. The number of nitrogens with zero attached hydrogens (tertiary/aromatic N) is 2. The first kappa shape index (κ1) is 12.0. The van der Waals surface area contributed by atoms with Gasteiger partial charge in [0.1, 0.15) is 5.75 Å². The summed E-state index contributed by atoms with van der Waals surface area (Å²) in [5.74, 6) is 1.47. The van der Waals surface area contributed by atoms with Crippen molar-refractivity contribution < 1.29 is 4.74 Å². The zero-order chi connectivity index (χ0) is 13.2. The predicted octanol–water partition coefficient (Wildman–Crippen LogP) is 2.36. The van der Waals surface area contributed by atoms with Crippen LogP contribution in [-0.4, -0.2) is 21.9 Å². The minimum atomic E-state index is -0.121. The number of benzene rings is 1. The lowest BCUT2D eigenvalue weighted by Gasteiger charge is -2.13. The summed E-state index contributed by atoms with van der Waals surface area (Å²) in [4.78, 5) is 12.0. The van der Waals surface area contributed by atoms with Gasteiger partial charge in [0.25, 0.3) is 0 Å². The molecule has 0 radical (unpaired) electrons. The molecule has 1 fully saturated rings. The van der Waals surface area contributed by atoms with Gasteiger partial charge in [0.2, 0.25) is 0 Å². The van der Waals surface area contributed by atoms with Gasteiger partial charge >= 0.3 is 5.69 Å². The van der Waals surface area contributed by atoms with E-state index in [4.69, 9.17) is 4.74 Å². The second-order valence-corrected chi connectivity index (χ2v) is 4.89. The molecule has 0 aliphatic heterocycles. The first-order valence-corrected chi connectivity index (χ1v) is 6.61. The Labute approximate surface area is 111 Å². The fourth-order valence-electron chi connectivity index (χ4n) is 2.77. The van der Waals surface area contributed by atoms with Crippen LogP contribution >= 0.6 is 0 Å². The molecule has 1 heterocycles. The van der Waals surface area contributed by atoms with Crippen molar-refractivity contribution in [1.82, 2.24) is 14.8 Å². The maximum Gasteiger partial charge on any atom is 0.343 e. The van der Waals surface area contributed by atoms with Crippen molar-refractivity contribution in [1.29, 1.82) is 0 Å². The minimum Gasteiger partial charge on any atom is -0.497 e. The molecular formula is C14H17N3O2. The second kappa shape index (κ2) is 4.91. The molecule has 0 bridgehead atoms. The summed E-state index contributed by atoms with van der Waals surface area (Å²) >= 11 is 0. The first-order chi connectivity index (χ1) is 9.29. The molecule has 100 valence electrons. The highest BCUT2D eigenvalue weighted by Gasteiger charge is 2.23. The van der Waals surface area contributed by atoms with Crippen molar-refractivity contribution >= 4 is 0 Å². The van der Waals surface area contributed by atoms with Crippen LogP contribution in [-0.2, 0) is 0 Å². The normalized spacial score (nSPS) is 15.8. The third kappa shape index (κ3) is 2.16. The maximum absolute atomic E-state index is 12.0. The molecule has 1 aromatic heterocycles. The van der Waals surface area contributed by atoms with Crippen molar-refractivity contribution in [2.75, 3.05) is 7.11 Å². The summed E-state index contributed by atoms with van der Waals surface area (Å²) in [6.07, 6.45) is 4.46. The Kier molecular flexibility index (Phi) is 3.11. The molecule has 1 aliphatic rings. The van der Waals surface area contributed by atoms with E-state index in [-0.39, 0.29) is 11.7 Å². The zero-order valence-electron chi connectivity index (χ0n) is 10.9. The van der Waals surface area contributed by atoms with E-state index in [1.54, 1.807) is 11.7 Å². The van der Waals surface area contributed by atoms with Gasteiger partial charge in [-0.2, -0.15) is 5.10 Å². The molecule has 0 amide bonds. The number of hydrogen-bond donors (Lipinski definition) is 1. The van der Waals surface area contributed by atoms with E-state index in [2.05, 4.69) is 10.2 Å². The highest BCUT2D eigenvalue weighted by atomic mass is 16.5. The van der Waals surface area contributed by atoms with Crippen LogP contribution in [0.3, 0.4) is 0 Å². The average Bonchev–Trinajstić information content (AvgIpc) is 3.07. The fourth-order valence-corrected chi connectivity index (χ4v) is 2.77. The van der Waals surface area contributed by atoms with Crippen LogP contribution in [0.4, 0.5) is 0 Å². The van der Waals surface area contributed by atoms with Crippen molar-refractivity contribution in [3.05, 3.63) is 34.7 Å². The van der Waals surface area contributed by atoms with E-state index in [1.165, 1.54) is 12.8 Å². The lowest BCUT2D eigenvalue weighted by Crippen LogP contribution is -2.21. The van der Waals surface area contributed by atoms with Gasteiger partial charge < -0.3 is 4.74 Å². The SMILES string of the molecule is COc1cccc(-c2n[nH]c(=O)n2C2CCCC2)c1. The van der Waals surface area contributed by atoms with E-state index in [1.807, 2.05) is 24.3 Å². The number of aromatic nitrogens is 3. The number of methoxy groups -OCH3 is 1. The third-order valence-electron chi connectivity index (χ3n) is 3.72. The van der Waals surface area contributed by atoms with Crippen LogP contribution in [0.5, 0.6) is 5.75 Å². The van der Waals surface area contributed by atoms with Crippen LogP contribution in [0.1, 0.15) is 31.7 Å². The Morgan fingerprint density at radius 2 is 2.16 bits per heavy atom. The van der Waals surface area contributed by atoms with E-state index < -0.39 is 0 Å². The second-order valence-electron chi connectivity index (χ2n) is 4.89. The van der Waals surface area contributed by atoms with Crippen molar-refractivity contribution in [3.63, 3.8) is 0 Å². The first-order valence-electron chi connectivity index (χ1n) is 6.61. The molecule has 1 aromatic carbocycles. The fraction of sp³-hybridized carbons (Fsp3) is 0.429. The summed E-state index contributed by atoms with van der Waals surface area (Å²) in [6.45, 7) is 0. The Morgan fingerprint density at radius 1 is 1.37 bits per heavy atom. The van der Waals surface area contributed by atoms with E-state index in [0.29, 0.717) is 5.82 Å². The van der Waals surface area contributed by atoms with Crippen molar-refractivity contribution in [2.45, 2.75) is 31.7 Å². The maximum atomic E-state index is 12.0. The highest BCUT2D eigenvalue weighted by Crippen LogP contribution is 2.31. The number of rotatable bonds is 3. The number of aromatic amines is 1. The molecular weight excluding hydrogens is 242 g/mol. The van der Waals surface area contributed by atoms with Crippen LogP contribution in [0, 0.1) is 0 Å². The van der Waals surface area contributed by atoms with Gasteiger partial charge in [-0.25, -0.2) is 9.89 Å². The number of H-pyrrole nitrogens is 1. The van der Waals surface area contributed by atoms with Crippen molar-refractivity contribution in [2.24, 2.45) is 0 Å². The standard InChI is InChI=1S/C14H17N3O2/c1-19-12-8-4-5-10(9-12)13-15-16-14(18)17(13)11-6-2-3-7-11/h4-5,8-9,11H,2-3,6-7H2,1H3,(H,16,18). The van der Waals surface area contributed by atoms with E-state index in [0.717, 1.165) is 24.2 Å². The number of hydrogen-bond acceptors (Lipinski definition) is 3. The van der Waals surface area contributed by atoms with E-state index >= 15 is 0 Å².